The summed E-state index contributed by atoms with van der Waals surface area (Å²) in [4.78, 5) is 12.4. The van der Waals surface area contributed by atoms with Gasteiger partial charge in [0, 0.05) is 16.9 Å². The summed E-state index contributed by atoms with van der Waals surface area (Å²) < 4.78 is 25.0. The fourth-order valence-electron chi connectivity index (χ4n) is 2.00. The van der Waals surface area contributed by atoms with Crippen molar-refractivity contribution >= 4 is 17.7 Å². The number of hydrogen-bond donors (Lipinski definition) is 2. The summed E-state index contributed by atoms with van der Waals surface area (Å²) >= 11 is 0.360. The number of amides is 1. The molecule has 6 heteroatoms. The van der Waals surface area contributed by atoms with Gasteiger partial charge in [0.15, 0.2) is 0 Å². The first-order valence-corrected chi connectivity index (χ1v) is 7.79. The Labute approximate surface area is 128 Å². The number of rotatable bonds is 8. The third kappa shape index (κ3) is 4.97. The van der Waals surface area contributed by atoms with Crippen LogP contribution in [0.4, 0.5) is 8.78 Å². The molecule has 0 saturated heterocycles. The van der Waals surface area contributed by atoms with E-state index < -0.39 is 11.7 Å². The van der Waals surface area contributed by atoms with Crippen LogP contribution in [0, 0.1) is 5.41 Å². The first-order chi connectivity index (χ1) is 9.98. The van der Waals surface area contributed by atoms with Gasteiger partial charge in [0.1, 0.15) is 0 Å². The predicted molar refractivity (Wildman–Crippen MR) is 80.7 cm³/mol. The zero-order valence-corrected chi connectivity index (χ0v) is 13.1. The predicted octanol–water partition coefficient (Wildman–Crippen LogP) is 3.53. The Morgan fingerprint density at radius 1 is 1.33 bits per heavy atom. The van der Waals surface area contributed by atoms with Crippen molar-refractivity contribution in [3.05, 3.63) is 29.8 Å². The molecule has 1 rings (SSSR count). The van der Waals surface area contributed by atoms with Gasteiger partial charge in [-0.15, -0.1) is 0 Å². The highest BCUT2D eigenvalue weighted by molar-refractivity contribution is 7.99. The van der Waals surface area contributed by atoms with Gasteiger partial charge in [0.05, 0.1) is 12.2 Å². The van der Waals surface area contributed by atoms with Crippen molar-refractivity contribution in [2.24, 2.45) is 5.41 Å². The lowest BCUT2D eigenvalue weighted by atomic mass is 9.83. The van der Waals surface area contributed by atoms with Crippen LogP contribution in [-0.2, 0) is 0 Å². The second kappa shape index (κ2) is 8.34. The highest BCUT2D eigenvalue weighted by Gasteiger charge is 2.26. The number of carbonyl (C=O) groups is 1. The van der Waals surface area contributed by atoms with Crippen molar-refractivity contribution in [2.75, 3.05) is 13.2 Å². The molecule has 1 amide bonds. The van der Waals surface area contributed by atoms with E-state index in [-0.39, 0.29) is 22.5 Å². The van der Waals surface area contributed by atoms with Gasteiger partial charge in [-0.05, 0) is 25.0 Å². The van der Waals surface area contributed by atoms with E-state index in [2.05, 4.69) is 5.32 Å². The zero-order valence-electron chi connectivity index (χ0n) is 12.2. The summed E-state index contributed by atoms with van der Waals surface area (Å²) in [5.74, 6) is -2.96. The number of halogens is 2. The van der Waals surface area contributed by atoms with Crippen molar-refractivity contribution in [1.82, 2.24) is 5.32 Å². The van der Waals surface area contributed by atoms with E-state index in [1.807, 2.05) is 13.8 Å². The number of aliphatic hydroxyl groups is 1. The van der Waals surface area contributed by atoms with Gasteiger partial charge in [-0.25, -0.2) is 0 Å². The van der Waals surface area contributed by atoms with Gasteiger partial charge < -0.3 is 10.4 Å². The summed E-state index contributed by atoms with van der Waals surface area (Å²) in [5, 5.41) is 12.2. The standard InChI is InChI=1S/C15H21F2NO2S/c1-3-15(4-2,10-19)9-18-13(20)11-7-5-6-8-12(11)21-14(16)17/h5-8,14,19H,3-4,9-10H2,1-2H3,(H,18,20). The smallest absolute Gasteiger partial charge is 0.288 e. The minimum atomic E-state index is -2.57. The van der Waals surface area contributed by atoms with Crippen LogP contribution in [-0.4, -0.2) is 29.9 Å². The summed E-state index contributed by atoms with van der Waals surface area (Å²) in [6.07, 6.45) is 1.46. The molecular weight excluding hydrogens is 296 g/mol. The van der Waals surface area contributed by atoms with Gasteiger partial charge in [0.25, 0.3) is 11.7 Å². The molecule has 0 radical (unpaired) electrons. The van der Waals surface area contributed by atoms with Gasteiger partial charge >= 0.3 is 0 Å². The molecule has 3 nitrogen and oxygen atoms in total. The number of benzene rings is 1. The van der Waals surface area contributed by atoms with Crippen molar-refractivity contribution < 1.29 is 18.7 Å². The van der Waals surface area contributed by atoms with E-state index in [0.717, 1.165) is 12.8 Å². The molecule has 0 unspecified atom stereocenters. The molecule has 0 spiro atoms. The fraction of sp³-hybridized carbons (Fsp3) is 0.533. The maximum absolute atomic E-state index is 12.5. The molecule has 0 aliphatic heterocycles. The molecule has 2 N–H and O–H groups in total. The molecule has 0 heterocycles. The normalized spacial score (nSPS) is 11.7. The van der Waals surface area contributed by atoms with E-state index in [1.54, 1.807) is 12.1 Å². The molecule has 118 valence electrons. The van der Waals surface area contributed by atoms with Crippen molar-refractivity contribution in [3.8, 4) is 0 Å². The molecule has 0 aliphatic carbocycles. The lowest BCUT2D eigenvalue weighted by Gasteiger charge is -2.29. The van der Waals surface area contributed by atoms with Crippen LogP contribution in [0.2, 0.25) is 0 Å². The number of thioether (sulfide) groups is 1. The maximum atomic E-state index is 12.5. The molecule has 0 atom stereocenters. The SMILES string of the molecule is CCC(CC)(CO)CNC(=O)c1ccccc1SC(F)F. The van der Waals surface area contributed by atoms with Crippen LogP contribution in [0.1, 0.15) is 37.0 Å². The molecule has 0 aromatic heterocycles. The molecule has 0 bridgehead atoms. The van der Waals surface area contributed by atoms with Crippen molar-refractivity contribution in [2.45, 2.75) is 37.3 Å². The molecule has 1 aromatic rings. The molecule has 0 saturated carbocycles. The maximum Gasteiger partial charge on any atom is 0.288 e. The Balaban J connectivity index is 2.80. The van der Waals surface area contributed by atoms with E-state index in [4.69, 9.17) is 0 Å². The lowest BCUT2D eigenvalue weighted by molar-refractivity contribution is 0.0848. The number of alkyl halides is 2. The van der Waals surface area contributed by atoms with Crippen LogP contribution in [0.3, 0.4) is 0 Å². The van der Waals surface area contributed by atoms with Crippen LogP contribution < -0.4 is 5.32 Å². The molecular formula is C15H21F2NO2S. The molecule has 0 fully saturated rings. The quantitative estimate of drug-likeness (QED) is 0.721. The van der Waals surface area contributed by atoms with E-state index in [1.165, 1.54) is 12.1 Å². The van der Waals surface area contributed by atoms with Crippen LogP contribution in [0.15, 0.2) is 29.2 Å². The summed E-state index contributed by atoms with van der Waals surface area (Å²) in [6, 6.07) is 6.30. The Morgan fingerprint density at radius 3 is 2.48 bits per heavy atom. The van der Waals surface area contributed by atoms with E-state index in [0.29, 0.717) is 18.3 Å². The second-order valence-corrected chi connectivity index (χ2v) is 5.95. The number of nitrogens with one attached hydrogen (secondary N) is 1. The van der Waals surface area contributed by atoms with E-state index in [9.17, 15) is 18.7 Å². The Morgan fingerprint density at radius 2 is 1.95 bits per heavy atom. The van der Waals surface area contributed by atoms with Crippen LogP contribution in [0.25, 0.3) is 0 Å². The summed E-state index contributed by atoms with van der Waals surface area (Å²) in [6.45, 7) is 4.20. The van der Waals surface area contributed by atoms with E-state index >= 15 is 0 Å². The number of hydrogen-bond acceptors (Lipinski definition) is 3. The van der Waals surface area contributed by atoms with Gasteiger partial charge in [0.2, 0.25) is 0 Å². The second-order valence-electron chi connectivity index (χ2n) is 4.92. The highest BCUT2D eigenvalue weighted by atomic mass is 32.2. The lowest BCUT2D eigenvalue weighted by Crippen LogP contribution is -2.39. The fourth-order valence-corrected chi connectivity index (χ4v) is 2.63. The minimum Gasteiger partial charge on any atom is -0.396 e. The van der Waals surface area contributed by atoms with Gasteiger partial charge in [-0.2, -0.15) is 8.78 Å². The highest BCUT2D eigenvalue weighted by Crippen LogP contribution is 2.29. The first kappa shape index (κ1) is 17.9. The largest absolute Gasteiger partial charge is 0.396 e. The Hall–Kier alpha value is -1.14. The molecule has 0 aliphatic rings. The topological polar surface area (TPSA) is 49.3 Å². The first-order valence-electron chi connectivity index (χ1n) is 6.91. The number of aliphatic hydroxyl groups excluding tert-OH is 1. The monoisotopic (exact) mass is 317 g/mol. The summed E-state index contributed by atoms with van der Waals surface area (Å²) in [5.41, 5.74) is -0.123. The average molecular weight is 317 g/mol. The third-order valence-corrected chi connectivity index (χ3v) is 4.60. The van der Waals surface area contributed by atoms with Crippen LogP contribution in [0.5, 0.6) is 0 Å². The minimum absolute atomic E-state index is 0.0201. The van der Waals surface area contributed by atoms with Gasteiger partial charge in [-0.3, -0.25) is 4.79 Å². The summed E-state index contributed by atoms with van der Waals surface area (Å²) in [7, 11) is 0. The van der Waals surface area contributed by atoms with Gasteiger partial charge in [-0.1, -0.05) is 37.7 Å². The Kier molecular flexibility index (Phi) is 7.11. The Bertz CT molecular complexity index is 456. The van der Waals surface area contributed by atoms with Crippen molar-refractivity contribution in [1.29, 1.82) is 0 Å². The number of carbonyl (C=O) groups excluding carboxylic acids is 1. The zero-order chi connectivity index (χ0) is 15.9. The van der Waals surface area contributed by atoms with Crippen LogP contribution >= 0.6 is 11.8 Å². The molecule has 1 aromatic carbocycles. The van der Waals surface area contributed by atoms with Crippen molar-refractivity contribution in [3.63, 3.8) is 0 Å². The average Bonchev–Trinajstić information content (AvgIpc) is 2.49. The third-order valence-electron chi connectivity index (χ3n) is 3.81. The molecule has 21 heavy (non-hydrogen) atoms.